The number of fused-ring (bicyclic) bond motifs is 1. The van der Waals surface area contributed by atoms with Gasteiger partial charge in [-0.2, -0.15) is 10.1 Å². The normalized spacial score (nSPS) is 14.3. The largest absolute Gasteiger partial charge is 1.00 e. The van der Waals surface area contributed by atoms with E-state index in [4.69, 9.17) is 4.52 Å². The van der Waals surface area contributed by atoms with Crippen LogP contribution in [-0.4, -0.2) is 25.9 Å². The second-order valence-electron chi connectivity index (χ2n) is 8.79. The Morgan fingerprint density at radius 1 is 1.12 bits per heavy atom. The minimum atomic E-state index is -1.09. The molecule has 2 heterocycles. The number of aliphatic carboxylic acids is 1. The van der Waals surface area contributed by atoms with Crippen LogP contribution in [0.2, 0.25) is 0 Å². The van der Waals surface area contributed by atoms with Crippen molar-refractivity contribution in [1.82, 2.24) is 19.9 Å². The molecular weight excluding hydrogens is 439 g/mol. The second kappa shape index (κ2) is 10.8. The zero-order chi connectivity index (χ0) is 22.8. The summed E-state index contributed by atoms with van der Waals surface area (Å²) in [6.45, 7) is 2.47. The molecule has 1 saturated carbocycles. The Balaban J connectivity index is 0.00000274. The number of aryl methyl sites for hydroxylation is 2. The van der Waals surface area contributed by atoms with E-state index in [-0.39, 0.29) is 42.5 Å². The molecule has 0 aliphatic heterocycles. The first-order valence-electron chi connectivity index (χ1n) is 11.7. The number of benzene rings is 2. The molecule has 5 rings (SSSR count). The molecule has 2 aromatic carbocycles. The number of hydrogen-bond donors (Lipinski definition) is 0. The number of rotatable bonds is 7. The number of carbonyl (C=O) groups is 1. The molecule has 0 amide bonds. The van der Waals surface area contributed by atoms with Gasteiger partial charge >= 0.3 is 29.6 Å². The van der Waals surface area contributed by atoms with E-state index in [9.17, 15) is 9.90 Å². The molecule has 170 valence electrons. The van der Waals surface area contributed by atoms with Crippen LogP contribution in [0.15, 0.2) is 47.1 Å². The van der Waals surface area contributed by atoms with Crippen LogP contribution in [0, 0.1) is 0 Å². The molecule has 0 radical (unpaired) electrons. The molecule has 0 spiro atoms. The summed E-state index contributed by atoms with van der Waals surface area (Å²) in [5.74, 6) is 0.608. The van der Waals surface area contributed by atoms with Crippen molar-refractivity contribution in [2.24, 2.45) is 0 Å². The molecule has 8 heteroatoms. The predicted octanol–water partition coefficient (Wildman–Crippen LogP) is 1.51. The maximum absolute atomic E-state index is 10.7. The monoisotopic (exact) mass is 466 g/mol. The average Bonchev–Trinajstić information content (AvgIpc) is 3.50. The van der Waals surface area contributed by atoms with Crippen molar-refractivity contribution >= 4 is 16.9 Å². The number of carboxylic acids is 1. The third-order valence-corrected chi connectivity index (χ3v) is 6.67. The summed E-state index contributed by atoms with van der Waals surface area (Å²) in [5.41, 5.74) is 5.47. The minimum absolute atomic E-state index is 0. The van der Waals surface area contributed by atoms with E-state index in [0.29, 0.717) is 17.6 Å². The van der Waals surface area contributed by atoms with Gasteiger partial charge in [-0.1, -0.05) is 37.4 Å². The standard InChI is InChI=1S/C26H28N4O3.Na/c1-2-17-14-20(8-10-22(17)18-6-4-3-5-7-18)26-28-25(29-33-26)19-9-11-23-21(15-19)16-27-30(23)13-12-24(31)32;/h8-11,14-16,18H,2-7,12-13H2,1H3,(H,31,32);/q;+1/p-1. The van der Waals surface area contributed by atoms with Gasteiger partial charge in [0, 0.05) is 35.4 Å². The van der Waals surface area contributed by atoms with E-state index >= 15 is 0 Å². The minimum Gasteiger partial charge on any atom is -0.550 e. The van der Waals surface area contributed by atoms with E-state index in [1.807, 2.05) is 18.2 Å². The third-order valence-electron chi connectivity index (χ3n) is 6.67. The fourth-order valence-electron chi connectivity index (χ4n) is 4.92. The SMILES string of the molecule is CCc1cc(-c2nc(-c3ccc4c(cnn4CCC(=O)[O-])c3)no2)ccc1C1CCCCC1.[Na+]. The van der Waals surface area contributed by atoms with Crippen LogP contribution < -0.4 is 34.7 Å². The zero-order valence-electron chi connectivity index (χ0n) is 19.8. The van der Waals surface area contributed by atoms with Gasteiger partial charge in [-0.3, -0.25) is 4.68 Å². The smallest absolute Gasteiger partial charge is 0.550 e. The number of hydrogen-bond acceptors (Lipinski definition) is 6. The van der Waals surface area contributed by atoms with E-state index in [1.165, 1.54) is 43.2 Å². The summed E-state index contributed by atoms with van der Waals surface area (Å²) >= 11 is 0. The van der Waals surface area contributed by atoms with Crippen molar-refractivity contribution < 1.29 is 44.0 Å². The summed E-state index contributed by atoms with van der Waals surface area (Å²) in [6, 6.07) is 12.3. The van der Waals surface area contributed by atoms with Gasteiger partial charge in [0.25, 0.3) is 5.89 Å². The summed E-state index contributed by atoms with van der Waals surface area (Å²) in [4.78, 5) is 15.4. The summed E-state index contributed by atoms with van der Waals surface area (Å²) in [5, 5.41) is 20.1. The van der Waals surface area contributed by atoms with Crippen molar-refractivity contribution in [2.75, 3.05) is 0 Å². The van der Waals surface area contributed by atoms with Crippen LogP contribution in [0.3, 0.4) is 0 Å². The molecule has 34 heavy (non-hydrogen) atoms. The number of carbonyl (C=O) groups excluding carboxylic acids is 1. The Bertz CT molecular complexity index is 1290. The van der Waals surface area contributed by atoms with Gasteiger partial charge in [0.2, 0.25) is 5.82 Å². The van der Waals surface area contributed by atoms with Crippen LogP contribution in [-0.2, 0) is 17.8 Å². The van der Waals surface area contributed by atoms with E-state index in [2.05, 4.69) is 40.4 Å². The van der Waals surface area contributed by atoms with Gasteiger partial charge in [0.05, 0.1) is 11.7 Å². The molecule has 4 aromatic rings. The first kappa shape index (κ1) is 24.6. The van der Waals surface area contributed by atoms with Gasteiger partial charge in [0.1, 0.15) is 0 Å². The number of aromatic nitrogens is 4. The van der Waals surface area contributed by atoms with Crippen molar-refractivity contribution in [1.29, 1.82) is 0 Å². The van der Waals surface area contributed by atoms with Gasteiger partial charge in [0.15, 0.2) is 0 Å². The maximum Gasteiger partial charge on any atom is 1.00 e. The van der Waals surface area contributed by atoms with E-state index in [0.717, 1.165) is 28.5 Å². The molecule has 7 nitrogen and oxygen atoms in total. The van der Waals surface area contributed by atoms with Crippen LogP contribution in [0.25, 0.3) is 33.7 Å². The van der Waals surface area contributed by atoms with E-state index < -0.39 is 5.97 Å². The Labute approximate surface area is 220 Å². The van der Waals surface area contributed by atoms with Gasteiger partial charge in [-0.25, -0.2) is 0 Å². The summed E-state index contributed by atoms with van der Waals surface area (Å²) in [6.07, 6.45) is 9.18. The maximum atomic E-state index is 10.7. The second-order valence-corrected chi connectivity index (χ2v) is 8.79. The van der Waals surface area contributed by atoms with Gasteiger partial charge < -0.3 is 14.4 Å². The van der Waals surface area contributed by atoms with Crippen molar-refractivity contribution in [3.8, 4) is 22.8 Å². The predicted molar refractivity (Wildman–Crippen MR) is 123 cm³/mol. The average molecular weight is 467 g/mol. The van der Waals surface area contributed by atoms with E-state index in [1.54, 1.807) is 10.9 Å². The molecular formula is C26H27N4NaO3. The summed E-state index contributed by atoms with van der Waals surface area (Å²) in [7, 11) is 0. The van der Waals surface area contributed by atoms with Crippen LogP contribution >= 0.6 is 0 Å². The van der Waals surface area contributed by atoms with Crippen LogP contribution in [0.4, 0.5) is 0 Å². The first-order chi connectivity index (χ1) is 16.1. The molecule has 1 aliphatic rings. The van der Waals surface area contributed by atoms with Gasteiger partial charge in [-0.15, -0.1) is 0 Å². The third kappa shape index (κ3) is 5.11. The van der Waals surface area contributed by atoms with Gasteiger partial charge in [-0.05, 0) is 66.6 Å². The topological polar surface area (TPSA) is 96.9 Å². The Morgan fingerprint density at radius 3 is 2.68 bits per heavy atom. The molecule has 1 aliphatic carbocycles. The fraction of sp³-hybridized carbons (Fsp3) is 0.385. The molecule has 0 unspecified atom stereocenters. The Kier molecular flexibility index (Phi) is 7.86. The fourth-order valence-corrected chi connectivity index (χ4v) is 4.92. The molecule has 0 saturated heterocycles. The van der Waals surface area contributed by atoms with Crippen molar-refractivity contribution in [3.63, 3.8) is 0 Å². The van der Waals surface area contributed by atoms with Crippen LogP contribution in [0.5, 0.6) is 0 Å². The molecule has 0 atom stereocenters. The number of carboxylic acid groups (broad SMARTS) is 1. The molecule has 1 fully saturated rings. The molecule has 0 N–H and O–H groups in total. The van der Waals surface area contributed by atoms with Crippen molar-refractivity contribution in [3.05, 3.63) is 53.7 Å². The van der Waals surface area contributed by atoms with Crippen molar-refractivity contribution in [2.45, 2.75) is 64.3 Å². The molecule has 0 bridgehead atoms. The Hall–Kier alpha value is -2.48. The Morgan fingerprint density at radius 2 is 1.91 bits per heavy atom. The first-order valence-corrected chi connectivity index (χ1v) is 11.7. The summed E-state index contributed by atoms with van der Waals surface area (Å²) < 4.78 is 7.28. The molecule has 2 aromatic heterocycles. The zero-order valence-corrected chi connectivity index (χ0v) is 21.8. The van der Waals surface area contributed by atoms with Crippen LogP contribution in [0.1, 0.15) is 62.5 Å². The number of nitrogens with zero attached hydrogens (tertiary/aromatic N) is 4. The quantitative estimate of drug-likeness (QED) is 0.383.